The fraction of sp³-hybridized carbons (Fsp3) is 0.250. The van der Waals surface area contributed by atoms with Gasteiger partial charge >= 0.3 is 0 Å². The third-order valence-electron chi connectivity index (χ3n) is 1.55. The van der Waals surface area contributed by atoms with Gasteiger partial charge in [-0.1, -0.05) is 0 Å². The summed E-state index contributed by atoms with van der Waals surface area (Å²) in [5, 5.41) is 9.08. The monoisotopic (exact) mass is 202 g/mol. The molecule has 0 atom stereocenters. The highest BCUT2D eigenvalue weighted by Gasteiger charge is 2.14. The summed E-state index contributed by atoms with van der Waals surface area (Å²) in [7, 11) is -1.98. The molecule has 0 heterocycles. The van der Waals surface area contributed by atoms with Crippen LogP contribution in [0.4, 0.5) is 0 Å². The van der Waals surface area contributed by atoms with Gasteiger partial charge in [0.15, 0.2) is 9.84 Å². The number of methoxy groups -OCH3 is 1. The van der Waals surface area contributed by atoms with Crippen LogP contribution in [0.25, 0.3) is 0 Å². The molecular weight excluding hydrogens is 192 g/mol. The molecule has 0 aliphatic rings. The molecule has 4 nitrogen and oxygen atoms in total. The van der Waals surface area contributed by atoms with Crippen molar-refractivity contribution in [1.82, 2.24) is 0 Å². The van der Waals surface area contributed by atoms with Crippen LogP contribution < -0.4 is 4.74 Å². The second-order valence-corrected chi connectivity index (χ2v) is 4.59. The standard InChI is InChI=1S/C8H10O4S/c1-12-7-4-3-6(9)5-8(7)13(2,10)11/h3-5,9H,1-2H3. The number of sulfone groups is 1. The maximum absolute atomic E-state index is 11.2. The second kappa shape index (κ2) is 3.26. The molecule has 0 aliphatic carbocycles. The molecule has 5 heteroatoms. The van der Waals surface area contributed by atoms with Gasteiger partial charge in [-0.2, -0.15) is 0 Å². The van der Waals surface area contributed by atoms with Crippen molar-refractivity contribution in [3.63, 3.8) is 0 Å². The van der Waals surface area contributed by atoms with Gasteiger partial charge < -0.3 is 9.84 Å². The van der Waals surface area contributed by atoms with Gasteiger partial charge in [-0.25, -0.2) is 8.42 Å². The summed E-state index contributed by atoms with van der Waals surface area (Å²) in [6.45, 7) is 0. The zero-order valence-corrected chi connectivity index (χ0v) is 8.13. The number of ether oxygens (including phenoxy) is 1. The molecule has 0 saturated heterocycles. The quantitative estimate of drug-likeness (QED) is 0.770. The predicted octanol–water partition coefficient (Wildman–Crippen LogP) is 0.804. The lowest BCUT2D eigenvalue weighted by Gasteiger charge is -2.06. The van der Waals surface area contributed by atoms with E-state index in [1.807, 2.05) is 0 Å². The van der Waals surface area contributed by atoms with E-state index in [0.717, 1.165) is 12.3 Å². The molecule has 1 N–H and O–H groups in total. The SMILES string of the molecule is COc1ccc(O)cc1S(C)(=O)=O. The van der Waals surface area contributed by atoms with Crippen molar-refractivity contribution in [2.24, 2.45) is 0 Å². The molecule has 0 amide bonds. The molecule has 0 radical (unpaired) electrons. The van der Waals surface area contributed by atoms with Crippen LogP contribution in [0.15, 0.2) is 23.1 Å². The average Bonchev–Trinajstić information content (AvgIpc) is 2.03. The Labute approximate surface area is 76.7 Å². The van der Waals surface area contributed by atoms with Gasteiger partial charge in [-0.15, -0.1) is 0 Å². The van der Waals surface area contributed by atoms with Gasteiger partial charge in [-0.3, -0.25) is 0 Å². The number of rotatable bonds is 2. The molecule has 1 aromatic carbocycles. The summed E-state index contributed by atoms with van der Waals surface area (Å²) >= 11 is 0. The Morgan fingerprint density at radius 1 is 1.38 bits per heavy atom. The highest BCUT2D eigenvalue weighted by Crippen LogP contribution is 2.27. The van der Waals surface area contributed by atoms with E-state index in [9.17, 15) is 8.42 Å². The summed E-state index contributed by atoms with van der Waals surface area (Å²) in [6, 6.07) is 3.94. The number of hydrogen-bond acceptors (Lipinski definition) is 4. The van der Waals surface area contributed by atoms with Gasteiger partial charge in [0.2, 0.25) is 0 Å². The first-order valence-corrected chi connectivity index (χ1v) is 5.41. The number of hydrogen-bond donors (Lipinski definition) is 1. The van der Waals surface area contributed by atoms with Gasteiger partial charge in [0, 0.05) is 12.3 Å². The van der Waals surface area contributed by atoms with Crippen LogP contribution in [0.1, 0.15) is 0 Å². The minimum absolute atomic E-state index is 0.00463. The van der Waals surface area contributed by atoms with E-state index in [1.165, 1.54) is 19.2 Å². The van der Waals surface area contributed by atoms with Crippen molar-refractivity contribution < 1.29 is 18.3 Å². The molecule has 72 valence electrons. The summed E-state index contributed by atoms with van der Waals surface area (Å²) < 4.78 is 27.2. The Morgan fingerprint density at radius 3 is 2.46 bits per heavy atom. The molecule has 0 bridgehead atoms. The molecule has 0 fully saturated rings. The van der Waals surface area contributed by atoms with E-state index in [-0.39, 0.29) is 16.4 Å². The fourth-order valence-corrected chi connectivity index (χ4v) is 1.81. The van der Waals surface area contributed by atoms with Crippen LogP contribution in [-0.4, -0.2) is 26.9 Å². The highest BCUT2D eigenvalue weighted by atomic mass is 32.2. The fourth-order valence-electron chi connectivity index (χ4n) is 0.955. The topological polar surface area (TPSA) is 63.6 Å². The normalized spacial score (nSPS) is 11.2. The summed E-state index contributed by atoms with van der Waals surface area (Å²) in [5.74, 6) is 0.140. The second-order valence-electron chi connectivity index (χ2n) is 2.61. The Morgan fingerprint density at radius 2 is 2.00 bits per heavy atom. The predicted molar refractivity (Wildman–Crippen MR) is 47.8 cm³/mol. The number of aromatic hydroxyl groups is 1. The van der Waals surface area contributed by atoms with Crippen LogP contribution >= 0.6 is 0 Å². The Balaban J connectivity index is 3.41. The zero-order valence-electron chi connectivity index (χ0n) is 7.31. The van der Waals surface area contributed by atoms with Gasteiger partial charge in [-0.05, 0) is 12.1 Å². The smallest absolute Gasteiger partial charge is 0.179 e. The minimum atomic E-state index is -3.35. The molecule has 1 rings (SSSR count). The molecule has 0 aromatic heterocycles. The zero-order chi connectivity index (χ0) is 10.1. The lowest BCUT2D eigenvalue weighted by molar-refractivity contribution is 0.399. The van der Waals surface area contributed by atoms with E-state index >= 15 is 0 Å². The van der Waals surface area contributed by atoms with Crippen molar-refractivity contribution >= 4 is 9.84 Å². The van der Waals surface area contributed by atoms with E-state index in [1.54, 1.807) is 0 Å². The summed E-state index contributed by atoms with van der Waals surface area (Å²) in [4.78, 5) is -0.00463. The Hall–Kier alpha value is -1.23. The third kappa shape index (κ3) is 2.12. The van der Waals surface area contributed by atoms with Crippen molar-refractivity contribution in [2.45, 2.75) is 4.90 Å². The van der Waals surface area contributed by atoms with E-state index in [4.69, 9.17) is 9.84 Å². The lowest BCUT2D eigenvalue weighted by atomic mass is 10.3. The van der Waals surface area contributed by atoms with Crippen LogP contribution in [0.5, 0.6) is 11.5 Å². The summed E-state index contributed by atoms with van der Waals surface area (Å²) in [6.07, 6.45) is 1.06. The third-order valence-corrected chi connectivity index (χ3v) is 2.66. The van der Waals surface area contributed by atoms with Crippen LogP contribution in [0.3, 0.4) is 0 Å². The molecule has 13 heavy (non-hydrogen) atoms. The average molecular weight is 202 g/mol. The maximum Gasteiger partial charge on any atom is 0.179 e. The Kier molecular flexibility index (Phi) is 2.47. The number of phenols is 1. The van der Waals surface area contributed by atoms with Gasteiger partial charge in [0.25, 0.3) is 0 Å². The van der Waals surface area contributed by atoms with Crippen molar-refractivity contribution in [3.8, 4) is 11.5 Å². The van der Waals surface area contributed by atoms with Gasteiger partial charge in [0.1, 0.15) is 16.4 Å². The first-order valence-electron chi connectivity index (χ1n) is 3.52. The van der Waals surface area contributed by atoms with E-state index in [2.05, 4.69) is 0 Å². The number of benzene rings is 1. The molecule has 0 unspecified atom stereocenters. The molecule has 0 aliphatic heterocycles. The Bertz CT molecular complexity index is 408. The summed E-state index contributed by atoms with van der Waals surface area (Å²) in [5.41, 5.74) is 0. The maximum atomic E-state index is 11.2. The highest BCUT2D eigenvalue weighted by molar-refractivity contribution is 7.90. The minimum Gasteiger partial charge on any atom is -0.508 e. The lowest BCUT2D eigenvalue weighted by Crippen LogP contribution is -2.00. The van der Waals surface area contributed by atoms with E-state index in [0.29, 0.717) is 0 Å². The molecule has 0 spiro atoms. The first-order chi connectivity index (χ1) is 5.95. The largest absolute Gasteiger partial charge is 0.508 e. The van der Waals surface area contributed by atoms with Crippen LogP contribution in [-0.2, 0) is 9.84 Å². The van der Waals surface area contributed by atoms with E-state index < -0.39 is 9.84 Å². The first kappa shape index (κ1) is 9.85. The van der Waals surface area contributed by atoms with Crippen LogP contribution in [0.2, 0.25) is 0 Å². The molecule has 0 saturated carbocycles. The van der Waals surface area contributed by atoms with Gasteiger partial charge in [0.05, 0.1) is 7.11 Å². The van der Waals surface area contributed by atoms with Crippen molar-refractivity contribution in [1.29, 1.82) is 0 Å². The van der Waals surface area contributed by atoms with Crippen molar-refractivity contribution in [2.75, 3.05) is 13.4 Å². The molecular formula is C8H10O4S. The van der Waals surface area contributed by atoms with Crippen molar-refractivity contribution in [3.05, 3.63) is 18.2 Å². The van der Waals surface area contributed by atoms with Crippen LogP contribution in [0, 0.1) is 0 Å². The number of phenolic OH excluding ortho intramolecular Hbond substituents is 1. The molecule has 1 aromatic rings.